The molecule has 0 bridgehead atoms. The van der Waals surface area contributed by atoms with Gasteiger partial charge in [-0.25, -0.2) is 24.3 Å². The summed E-state index contributed by atoms with van der Waals surface area (Å²) in [6, 6.07) is 0. The Morgan fingerprint density at radius 3 is 1.14 bits per heavy atom. The lowest BCUT2D eigenvalue weighted by atomic mass is 11.0. The molecule has 0 radical (unpaired) electrons. The van der Waals surface area contributed by atoms with Crippen molar-refractivity contribution in [3.63, 3.8) is 0 Å². The molecule has 3 aromatic heterocycles. The van der Waals surface area contributed by atoms with Crippen LogP contribution in [0.25, 0.3) is 0 Å². The van der Waals surface area contributed by atoms with E-state index >= 15 is 0 Å². The Morgan fingerprint density at radius 1 is 0.818 bits per heavy atom. The average Bonchev–Trinajstić information content (AvgIpc) is 3.23. The Labute approximate surface area is 123 Å². The SMILES string of the molecule is O=C(O)P(=O)(O)O.c1cocn1.c1cocn1.c1cocn1. The Balaban J connectivity index is 0.000000269. The fourth-order valence-electron chi connectivity index (χ4n) is 0.527. The lowest BCUT2D eigenvalue weighted by molar-refractivity contribution is 0.208. The molecule has 3 rings (SSSR count). The third-order valence-corrected chi connectivity index (χ3v) is 1.79. The molecule has 0 saturated carbocycles. The molecule has 0 unspecified atom stereocenters. The van der Waals surface area contributed by atoms with Gasteiger partial charge in [0, 0.05) is 0 Å². The standard InChI is InChI=1S/3C3H3NO.CH3O5P/c3*1-2-5-3-4-1;2-1(3)7(4,5)6/h3*1-3H;(H,2,3)(H2,4,5,6). The second-order valence-electron chi connectivity index (χ2n) is 2.85. The monoisotopic (exact) mass is 333 g/mol. The maximum atomic E-state index is 9.43. The number of hydrogen-bond acceptors (Lipinski definition) is 8. The second kappa shape index (κ2) is 12.0. The highest BCUT2D eigenvalue weighted by molar-refractivity contribution is 7.69. The lowest BCUT2D eigenvalue weighted by Gasteiger charge is -1.90. The first-order valence-corrected chi connectivity index (χ1v) is 6.81. The Kier molecular flexibility index (Phi) is 10.5. The van der Waals surface area contributed by atoms with Crippen LogP contribution in [0.15, 0.2) is 69.8 Å². The highest BCUT2D eigenvalue weighted by Gasteiger charge is 2.23. The Morgan fingerprint density at radius 2 is 1.09 bits per heavy atom. The third kappa shape index (κ3) is 13.7. The molecule has 0 amide bonds. The summed E-state index contributed by atoms with van der Waals surface area (Å²) in [5, 5.41) is 7.49. The van der Waals surface area contributed by atoms with E-state index in [-0.39, 0.29) is 0 Å². The van der Waals surface area contributed by atoms with Gasteiger partial charge in [-0.3, -0.25) is 0 Å². The summed E-state index contributed by atoms with van der Waals surface area (Å²) in [6.45, 7) is 0. The van der Waals surface area contributed by atoms with Crippen LogP contribution in [0.2, 0.25) is 0 Å². The molecule has 0 saturated heterocycles. The van der Waals surface area contributed by atoms with E-state index in [4.69, 9.17) is 14.9 Å². The largest absolute Gasteiger partial charge is 0.472 e. The molecule has 0 aliphatic carbocycles. The Hall–Kier alpha value is -2.75. The molecule has 0 spiro atoms. The summed E-state index contributed by atoms with van der Waals surface area (Å²) in [5.74, 6) is 0. The van der Waals surface area contributed by atoms with E-state index in [0.29, 0.717) is 0 Å². The van der Waals surface area contributed by atoms with Crippen LogP contribution in [0, 0.1) is 0 Å². The minimum atomic E-state index is -4.82. The highest BCUT2D eigenvalue weighted by atomic mass is 31.2. The molecule has 3 N–H and O–H groups in total. The summed E-state index contributed by atoms with van der Waals surface area (Å²) in [6.07, 6.45) is 13.4. The van der Waals surface area contributed by atoms with Gasteiger partial charge in [0.2, 0.25) is 0 Å². The molecule has 3 aromatic rings. The van der Waals surface area contributed by atoms with Crippen LogP contribution in [-0.4, -0.2) is 35.6 Å². The number of rotatable bonds is 1. The fourth-order valence-corrected chi connectivity index (χ4v) is 0.527. The quantitative estimate of drug-likeness (QED) is 0.554. The summed E-state index contributed by atoms with van der Waals surface area (Å²) in [4.78, 5) is 35.1. The molecule has 11 nitrogen and oxygen atoms in total. The molecule has 3 heterocycles. The summed E-state index contributed by atoms with van der Waals surface area (Å²) in [5.41, 5.74) is -2.09. The minimum Gasteiger partial charge on any atom is -0.472 e. The topological polar surface area (TPSA) is 173 Å². The van der Waals surface area contributed by atoms with Gasteiger partial charge in [-0.1, -0.05) is 0 Å². The maximum Gasteiger partial charge on any atom is 0.433 e. The number of oxazole rings is 3. The van der Waals surface area contributed by atoms with Crippen LogP contribution in [0.4, 0.5) is 4.79 Å². The first-order valence-electron chi connectivity index (χ1n) is 5.20. The van der Waals surface area contributed by atoms with Gasteiger partial charge in [0.1, 0.15) is 18.8 Å². The van der Waals surface area contributed by atoms with Gasteiger partial charge in [-0.2, -0.15) is 0 Å². The van der Waals surface area contributed by atoms with Crippen LogP contribution < -0.4 is 0 Å². The molecule has 0 atom stereocenters. The predicted octanol–water partition coefficient (Wildman–Crippen LogP) is 1.87. The first-order chi connectivity index (χ1) is 10.4. The van der Waals surface area contributed by atoms with Crippen LogP contribution in [0.1, 0.15) is 0 Å². The molecule has 12 heteroatoms. The van der Waals surface area contributed by atoms with E-state index in [0.717, 1.165) is 0 Å². The van der Waals surface area contributed by atoms with Crippen molar-refractivity contribution in [3.8, 4) is 0 Å². The van der Waals surface area contributed by atoms with Crippen molar-refractivity contribution in [2.75, 3.05) is 0 Å². The molecule has 0 aliphatic rings. The van der Waals surface area contributed by atoms with Crippen molar-refractivity contribution in [1.29, 1.82) is 0 Å². The van der Waals surface area contributed by atoms with Gasteiger partial charge in [-0.15, -0.1) is 0 Å². The summed E-state index contributed by atoms with van der Waals surface area (Å²) < 4.78 is 22.8. The fraction of sp³-hybridized carbons (Fsp3) is 0. The van der Waals surface area contributed by atoms with Gasteiger partial charge in [0.25, 0.3) is 0 Å². The molecule has 22 heavy (non-hydrogen) atoms. The van der Waals surface area contributed by atoms with Crippen LogP contribution in [0.5, 0.6) is 0 Å². The summed E-state index contributed by atoms with van der Waals surface area (Å²) >= 11 is 0. The van der Waals surface area contributed by atoms with E-state index in [1.165, 1.54) is 38.0 Å². The number of aromatic nitrogens is 3. The first kappa shape index (κ1) is 19.2. The molecule has 120 valence electrons. The second-order valence-corrected chi connectivity index (χ2v) is 4.32. The number of carbonyl (C=O) groups is 1. The van der Waals surface area contributed by atoms with E-state index in [1.807, 2.05) is 0 Å². The van der Waals surface area contributed by atoms with Gasteiger partial charge in [-0.05, 0) is 0 Å². The smallest absolute Gasteiger partial charge is 0.433 e. The van der Waals surface area contributed by atoms with E-state index in [1.54, 1.807) is 18.6 Å². The van der Waals surface area contributed by atoms with Crippen molar-refractivity contribution < 1.29 is 37.5 Å². The van der Waals surface area contributed by atoms with Crippen molar-refractivity contribution in [1.82, 2.24) is 15.0 Å². The molecular formula is C10H12N3O8P. The van der Waals surface area contributed by atoms with Crippen molar-refractivity contribution >= 4 is 13.3 Å². The van der Waals surface area contributed by atoms with Crippen molar-refractivity contribution in [2.24, 2.45) is 0 Å². The van der Waals surface area contributed by atoms with E-state index in [2.05, 4.69) is 28.2 Å². The van der Waals surface area contributed by atoms with Gasteiger partial charge < -0.3 is 28.1 Å². The minimum absolute atomic E-state index is 1.38. The molecular weight excluding hydrogens is 321 g/mol. The van der Waals surface area contributed by atoms with E-state index < -0.39 is 13.3 Å². The van der Waals surface area contributed by atoms with Gasteiger partial charge >= 0.3 is 13.3 Å². The average molecular weight is 333 g/mol. The maximum absolute atomic E-state index is 9.43. The number of carboxylic acid groups (broad SMARTS) is 1. The van der Waals surface area contributed by atoms with Crippen molar-refractivity contribution in [3.05, 3.63) is 56.6 Å². The molecule has 0 fully saturated rings. The number of hydrogen-bond donors (Lipinski definition) is 3. The van der Waals surface area contributed by atoms with Gasteiger partial charge in [0.15, 0.2) is 19.2 Å². The zero-order valence-corrected chi connectivity index (χ0v) is 11.8. The zero-order valence-electron chi connectivity index (χ0n) is 10.9. The van der Waals surface area contributed by atoms with Crippen molar-refractivity contribution in [2.45, 2.75) is 0 Å². The van der Waals surface area contributed by atoms with Crippen LogP contribution in [0.3, 0.4) is 0 Å². The zero-order chi connectivity index (χ0) is 16.7. The van der Waals surface area contributed by atoms with Gasteiger partial charge in [0.05, 0.1) is 18.6 Å². The molecule has 0 aliphatic heterocycles. The lowest BCUT2D eigenvalue weighted by Crippen LogP contribution is -1.90. The third-order valence-electron chi connectivity index (χ3n) is 1.29. The Bertz CT molecular complexity index is 476. The molecule has 0 aromatic carbocycles. The summed E-state index contributed by atoms with van der Waals surface area (Å²) in [7, 11) is -4.82. The highest BCUT2D eigenvalue weighted by Crippen LogP contribution is 2.34. The van der Waals surface area contributed by atoms with Crippen LogP contribution >= 0.6 is 7.60 Å². The van der Waals surface area contributed by atoms with Crippen LogP contribution in [-0.2, 0) is 4.57 Å². The normalized spacial score (nSPS) is 9.00. The predicted molar refractivity (Wildman–Crippen MR) is 69.6 cm³/mol. The van der Waals surface area contributed by atoms with E-state index in [9.17, 15) is 9.36 Å². The number of nitrogens with zero attached hydrogens (tertiary/aromatic N) is 3.